The summed E-state index contributed by atoms with van der Waals surface area (Å²) in [5.41, 5.74) is 0.935. The van der Waals surface area contributed by atoms with E-state index in [1.54, 1.807) is 11.1 Å². The molecule has 1 aliphatic rings. The Morgan fingerprint density at radius 2 is 2.39 bits per heavy atom. The van der Waals surface area contributed by atoms with Crippen molar-refractivity contribution in [3.8, 4) is 0 Å². The summed E-state index contributed by atoms with van der Waals surface area (Å²) in [6.45, 7) is 1.63. The van der Waals surface area contributed by atoms with Crippen molar-refractivity contribution in [2.75, 3.05) is 13.6 Å². The molecule has 0 saturated carbocycles. The van der Waals surface area contributed by atoms with Crippen molar-refractivity contribution in [2.45, 2.75) is 38.3 Å². The number of pyridine rings is 1. The van der Waals surface area contributed by atoms with E-state index >= 15 is 0 Å². The second-order valence-corrected chi connectivity index (χ2v) is 4.92. The Morgan fingerprint density at radius 1 is 1.50 bits per heavy atom. The van der Waals surface area contributed by atoms with Gasteiger partial charge in [0, 0.05) is 25.7 Å². The van der Waals surface area contributed by atoms with Crippen molar-refractivity contribution < 1.29 is 4.79 Å². The van der Waals surface area contributed by atoms with E-state index in [1.165, 1.54) is 12.8 Å². The van der Waals surface area contributed by atoms with Crippen LogP contribution < -0.4 is 5.32 Å². The van der Waals surface area contributed by atoms with E-state index in [0.29, 0.717) is 19.0 Å². The molecule has 0 bridgehead atoms. The van der Waals surface area contributed by atoms with E-state index in [9.17, 15) is 4.79 Å². The first-order valence-electron chi connectivity index (χ1n) is 6.63. The van der Waals surface area contributed by atoms with Gasteiger partial charge in [0.2, 0.25) is 5.91 Å². The van der Waals surface area contributed by atoms with E-state index in [2.05, 4.69) is 10.3 Å². The predicted octanol–water partition coefficient (Wildman–Crippen LogP) is 1.57. The fourth-order valence-electron chi connectivity index (χ4n) is 2.29. The third-order valence-corrected chi connectivity index (χ3v) is 3.38. The molecule has 0 aliphatic carbocycles. The zero-order chi connectivity index (χ0) is 12.8. The lowest BCUT2D eigenvalue weighted by molar-refractivity contribution is -0.131. The van der Waals surface area contributed by atoms with Crippen LogP contribution in [0.1, 0.15) is 31.4 Å². The summed E-state index contributed by atoms with van der Waals surface area (Å²) < 4.78 is 0. The summed E-state index contributed by atoms with van der Waals surface area (Å²) in [4.78, 5) is 18.1. The minimum atomic E-state index is 0.194. The summed E-state index contributed by atoms with van der Waals surface area (Å²) >= 11 is 0. The molecular formula is C14H21N3O. The molecule has 4 heteroatoms. The summed E-state index contributed by atoms with van der Waals surface area (Å²) in [7, 11) is 1.85. The van der Waals surface area contributed by atoms with Gasteiger partial charge in [-0.25, -0.2) is 0 Å². The second-order valence-electron chi connectivity index (χ2n) is 4.92. The first kappa shape index (κ1) is 13.0. The van der Waals surface area contributed by atoms with Gasteiger partial charge < -0.3 is 10.2 Å². The predicted molar refractivity (Wildman–Crippen MR) is 71.0 cm³/mol. The van der Waals surface area contributed by atoms with Crippen LogP contribution in [0.3, 0.4) is 0 Å². The van der Waals surface area contributed by atoms with Crippen LogP contribution in [0.15, 0.2) is 24.4 Å². The minimum absolute atomic E-state index is 0.194. The number of hydrogen-bond donors (Lipinski definition) is 1. The van der Waals surface area contributed by atoms with Crippen LogP contribution in [0.4, 0.5) is 0 Å². The van der Waals surface area contributed by atoms with Gasteiger partial charge in [-0.05, 0) is 31.5 Å². The molecule has 1 unspecified atom stereocenters. The van der Waals surface area contributed by atoms with Gasteiger partial charge in [-0.3, -0.25) is 9.78 Å². The SMILES string of the molecule is CN(Cc1ccccn1)C(=O)CC1CCCCN1. The summed E-state index contributed by atoms with van der Waals surface area (Å²) in [6, 6.07) is 6.14. The molecule has 1 atom stereocenters. The zero-order valence-electron chi connectivity index (χ0n) is 10.9. The maximum absolute atomic E-state index is 12.1. The zero-order valence-corrected chi connectivity index (χ0v) is 10.9. The number of carbonyl (C=O) groups excluding carboxylic acids is 1. The molecule has 18 heavy (non-hydrogen) atoms. The lowest BCUT2D eigenvalue weighted by Gasteiger charge is -2.25. The molecule has 2 heterocycles. The fraction of sp³-hybridized carbons (Fsp3) is 0.571. The van der Waals surface area contributed by atoms with Crippen molar-refractivity contribution >= 4 is 5.91 Å². The second kappa shape index (κ2) is 6.50. The Kier molecular flexibility index (Phi) is 4.70. The number of aromatic nitrogens is 1. The Labute approximate surface area is 108 Å². The van der Waals surface area contributed by atoms with Gasteiger partial charge in [-0.15, -0.1) is 0 Å². The highest BCUT2D eigenvalue weighted by Gasteiger charge is 2.18. The summed E-state index contributed by atoms with van der Waals surface area (Å²) in [5.74, 6) is 0.194. The smallest absolute Gasteiger partial charge is 0.224 e. The first-order valence-corrected chi connectivity index (χ1v) is 6.63. The topological polar surface area (TPSA) is 45.2 Å². The Morgan fingerprint density at radius 3 is 3.06 bits per heavy atom. The Hall–Kier alpha value is -1.42. The minimum Gasteiger partial charge on any atom is -0.340 e. The molecule has 0 radical (unpaired) electrons. The number of rotatable bonds is 4. The third kappa shape index (κ3) is 3.81. The molecular weight excluding hydrogens is 226 g/mol. The van der Waals surface area contributed by atoms with E-state index in [0.717, 1.165) is 18.7 Å². The molecule has 4 nitrogen and oxygen atoms in total. The van der Waals surface area contributed by atoms with Crippen molar-refractivity contribution in [3.05, 3.63) is 30.1 Å². The molecule has 1 aromatic rings. The van der Waals surface area contributed by atoms with Crippen LogP contribution in [-0.2, 0) is 11.3 Å². The van der Waals surface area contributed by atoms with Gasteiger partial charge in [0.15, 0.2) is 0 Å². The molecule has 1 aliphatic heterocycles. The van der Waals surface area contributed by atoms with Crippen LogP contribution in [0.2, 0.25) is 0 Å². The lowest BCUT2D eigenvalue weighted by atomic mass is 10.0. The van der Waals surface area contributed by atoms with Gasteiger partial charge >= 0.3 is 0 Å². The molecule has 1 aromatic heterocycles. The standard InChI is InChI=1S/C14H21N3O/c1-17(11-13-7-3-5-9-16-13)14(18)10-12-6-2-4-8-15-12/h3,5,7,9,12,15H,2,4,6,8,10-11H2,1H3. The third-order valence-electron chi connectivity index (χ3n) is 3.38. The maximum atomic E-state index is 12.1. The molecule has 0 aromatic carbocycles. The monoisotopic (exact) mass is 247 g/mol. The molecule has 1 saturated heterocycles. The van der Waals surface area contributed by atoms with E-state index in [1.807, 2.05) is 25.2 Å². The van der Waals surface area contributed by atoms with Gasteiger partial charge in [-0.1, -0.05) is 12.5 Å². The average molecular weight is 247 g/mol. The van der Waals surface area contributed by atoms with Crippen molar-refractivity contribution in [3.63, 3.8) is 0 Å². The number of nitrogens with one attached hydrogen (secondary N) is 1. The summed E-state index contributed by atoms with van der Waals surface area (Å²) in [6.07, 6.45) is 5.94. The van der Waals surface area contributed by atoms with E-state index in [4.69, 9.17) is 0 Å². The number of amides is 1. The van der Waals surface area contributed by atoms with Gasteiger partial charge in [0.1, 0.15) is 0 Å². The van der Waals surface area contributed by atoms with Crippen LogP contribution in [0, 0.1) is 0 Å². The van der Waals surface area contributed by atoms with Crippen molar-refractivity contribution in [1.82, 2.24) is 15.2 Å². The number of nitrogens with zero attached hydrogens (tertiary/aromatic N) is 2. The van der Waals surface area contributed by atoms with Crippen LogP contribution in [0.25, 0.3) is 0 Å². The van der Waals surface area contributed by atoms with Crippen LogP contribution >= 0.6 is 0 Å². The lowest BCUT2D eigenvalue weighted by Crippen LogP contribution is -2.39. The van der Waals surface area contributed by atoms with Crippen molar-refractivity contribution in [2.24, 2.45) is 0 Å². The number of piperidine rings is 1. The van der Waals surface area contributed by atoms with Gasteiger partial charge in [0.05, 0.1) is 12.2 Å². The van der Waals surface area contributed by atoms with E-state index < -0.39 is 0 Å². The van der Waals surface area contributed by atoms with Gasteiger partial charge in [0.25, 0.3) is 0 Å². The Balaban J connectivity index is 1.81. The van der Waals surface area contributed by atoms with Crippen molar-refractivity contribution in [1.29, 1.82) is 0 Å². The quantitative estimate of drug-likeness (QED) is 0.878. The molecule has 2 rings (SSSR count). The molecule has 1 N–H and O–H groups in total. The summed E-state index contributed by atoms with van der Waals surface area (Å²) in [5, 5.41) is 3.41. The highest BCUT2D eigenvalue weighted by Crippen LogP contribution is 2.11. The van der Waals surface area contributed by atoms with Crippen LogP contribution in [0.5, 0.6) is 0 Å². The van der Waals surface area contributed by atoms with Gasteiger partial charge in [-0.2, -0.15) is 0 Å². The molecule has 1 amide bonds. The Bertz CT molecular complexity index is 374. The molecule has 1 fully saturated rings. The first-order chi connectivity index (χ1) is 8.75. The fourth-order valence-corrected chi connectivity index (χ4v) is 2.29. The normalized spacial score (nSPS) is 19.5. The van der Waals surface area contributed by atoms with E-state index in [-0.39, 0.29) is 5.91 Å². The molecule has 98 valence electrons. The molecule has 0 spiro atoms. The highest BCUT2D eigenvalue weighted by molar-refractivity contribution is 5.76. The number of hydrogen-bond acceptors (Lipinski definition) is 3. The highest BCUT2D eigenvalue weighted by atomic mass is 16.2. The largest absolute Gasteiger partial charge is 0.340 e. The maximum Gasteiger partial charge on any atom is 0.224 e. The number of carbonyl (C=O) groups is 1. The van der Waals surface area contributed by atoms with Crippen LogP contribution in [-0.4, -0.2) is 35.4 Å². The average Bonchev–Trinajstić information content (AvgIpc) is 2.41.